The summed E-state index contributed by atoms with van der Waals surface area (Å²) in [5.74, 6) is 0.555. The summed E-state index contributed by atoms with van der Waals surface area (Å²) >= 11 is 5.79. The molecule has 1 fully saturated rings. The molecule has 1 aromatic rings. The summed E-state index contributed by atoms with van der Waals surface area (Å²) in [7, 11) is 0. The zero-order valence-corrected chi connectivity index (χ0v) is 12.2. The highest BCUT2D eigenvalue weighted by Gasteiger charge is 2.26. The Kier molecular flexibility index (Phi) is 5.68. The third-order valence-electron chi connectivity index (χ3n) is 3.60. The van der Waals surface area contributed by atoms with Crippen molar-refractivity contribution >= 4 is 17.5 Å². The fourth-order valence-electron chi connectivity index (χ4n) is 2.59. The van der Waals surface area contributed by atoms with Gasteiger partial charge in [0.25, 0.3) is 5.91 Å². The van der Waals surface area contributed by atoms with Crippen LogP contribution in [0.4, 0.5) is 0 Å². The lowest BCUT2D eigenvalue weighted by Crippen LogP contribution is -2.43. The Morgan fingerprint density at radius 1 is 1.30 bits per heavy atom. The molecule has 1 saturated carbocycles. The topological polar surface area (TPSA) is 49.8 Å². The number of hydrogen-bond acceptors (Lipinski definition) is 3. The van der Waals surface area contributed by atoms with Crippen molar-refractivity contribution in [1.29, 1.82) is 0 Å². The van der Waals surface area contributed by atoms with Crippen molar-refractivity contribution in [3.63, 3.8) is 0 Å². The zero-order valence-electron chi connectivity index (χ0n) is 11.4. The second kappa shape index (κ2) is 7.50. The minimum Gasteiger partial charge on any atom is -0.484 e. The Morgan fingerprint density at radius 2 is 1.95 bits per heavy atom. The van der Waals surface area contributed by atoms with Crippen molar-refractivity contribution in [1.82, 2.24) is 4.90 Å². The van der Waals surface area contributed by atoms with Crippen LogP contribution in [0.15, 0.2) is 24.3 Å². The lowest BCUT2D eigenvalue weighted by molar-refractivity contribution is -0.136. The average Bonchev–Trinajstić information content (AvgIpc) is 2.97. The fourth-order valence-corrected chi connectivity index (χ4v) is 2.72. The molecule has 0 atom stereocenters. The van der Waals surface area contributed by atoms with Crippen LogP contribution in [-0.4, -0.2) is 41.7 Å². The van der Waals surface area contributed by atoms with E-state index < -0.39 is 0 Å². The second-order valence-electron chi connectivity index (χ2n) is 4.99. The number of hydrogen-bond donors (Lipinski definition) is 1. The largest absolute Gasteiger partial charge is 0.484 e. The second-order valence-corrected chi connectivity index (χ2v) is 5.43. The summed E-state index contributed by atoms with van der Waals surface area (Å²) in [6.07, 6.45) is 4.34. The van der Waals surface area contributed by atoms with Crippen molar-refractivity contribution in [3.8, 4) is 5.75 Å². The van der Waals surface area contributed by atoms with E-state index in [1.54, 1.807) is 29.2 Å². The molecule has 1 N–H and O–H groups in total. The van der Waals surface area contributed by atoms with E-state index in [4.69, 9.17) is 21.4 Å². The molecular weight excluding hydrogens is 278 g/mol. The summed E-state index contributed by atoms with van der Waals surface area (Å²) < 4.78 is 5.48. The van der Waals surface area contributed by atoms with E-state index in [-0.39, 0.29) is 25.2 Å². The highest BCUT2D eigenvalue weighted by Crippen LogP contribution is 2.23. The van der Waals surface area contributed by atoms with Gasteiger partial charge in [-0.1, -0.05) is 24.4 Å². The predicted octanol–water partition coefficient (Wildman–Crippen LogP) is 2.48. The SMILES string of the molecule is O=C(COc1ccc(Cl)cc1)N(CCO)C1CCCC1. The molecular formula is C15H20ClNO3. The Hall–Kier alpha value is -1.26. The van der Waals surface area contributed by atoms with Gasteiger partial charge in [0.1, 0.15) is 5.75 Å². The molecule has 0 saturated heterocycles. The number of amides is 1. The lowest BCUT2D eigenvalue weighted by atomic mass is 10.2. The number of aliphatic hydroxyl groups is 1. The average molecular weight is 298 g/mol. The van der Waals surface area contributed by atoms with E-state index in [1.165, 1.54) is 0 Å². The molecule has 4 nitrogen and oxygen atoms in total. The maximum atomic E-state index is 12.2. The van der Waals surface area contributed by atoms with Crippen LogP contribution in [0.5, 0.6) is 5.75 Å². The quantitative estimate of drug-likeness (QED) is 0.877. The van der Waals surface area contributed by atoms with Gasteiger partial charge in [0, 0.05) is 17.6 Å². The Bertz CT molecular complexity index is 429. The molecule has 0 bridgehead atoms. The van der Waals surface area contributed by atoms with Gasteiger partial charge in [-0.05, 0) is 37.1 Å². The van der Waals surface area contributed by atoms with Crippen molar-refractivity contribution < 1.29 is 14.6 Å². The monoisotopic (exact) mass is 297 g/mol. The van der Waals surface area contributed by atoms with Crippen molar-refractivity contribution in [2.45, 2.75) is 31.7 Å². The molecule has 0 heterocycles. The highest BCUT2D eigenvalue weighted by molar-refractivity contribution is 6.30. The van der Waals surface area contributed by atoms with E-state index in [9.17, 15) is 4.79 Å². The van der Waals surface area contributed by atoms with E-state index in [1.807, 2.05) is 0 Å². The van der Waals surface area contributed by atoms with E-state index >= 15 is 0 Å². The summed E-state index contributed by atoms with van der Waals surface area (Å²) in [4.78, 5) is 14.0. The van der Waals surface area contributed by atoms with Gasteiger partial charge in [-0.3, -0.25) is 4.79 Å². The molecule has 0 radical (unpaired) electrons. The smallest absolute Gasteiger partial charge is 0.260 e. The van der Waals surface area contributed by atoms with Crippen LogP contribution < -0.4 is 4.74 Å². The van der Waals surface area contributed by atoms with Crippen LogP contribution in [0.3, 0.4) is 0 Å². The standard InChI is InChI=1S/C15H20ClNO3/c16-12-5-7-14(8-6-12)20-11-15(19)17(9-10-18)13-3-1-2-4-13/h5-8,13,18H,1-4,9-11H2. The van der Waals surface area contributed by atoms with Crippen LogP contribution in [-0.2, 0) is 4.79 Å². The van der Waals surface area contributed by atoms with Crippen LogP contribution in [0, 0.1) is 0 Å². The molecule has 2 rings (SSSR count). The Labute approximate surface area is 124 Å². The van der Waals surface area contributed by atoms with Gasteiger partial charge in [0.15, 0.2) is 6.61 Å². The molecule has 0 unspecified atom stereocenters. The molecule has 1 aliphatic rings. The predicted molar refractivity (Wildman–Crippen MR) is 78.0 cm³/mol. The minimum absolute atomic E-state index is 0.00185. The Morgan fingerprint density at radius 3 is 2.55 bits per heavy atom. The van der Waals surface area contributed by atoms with Gasteiger partial charge in [0.05, 0.1) is 6.61 Å². The zero-order chi connectivity index (χ0) is 14.4. The number of benzene rings is 1. The number of nitrogens with zero attached hydrogens (tertiary/aromatic N) is 1. The maximum absolute atomic E-state index is 12.2. The normalized spacial score (nSPS) is 15.3. The van der Waals surface area contributed by atoms with Gasteiger partial charge >= 0.3 is 0 Å². The number of aliphatic hydroxyl groups excluding tert-OH is 1. The molecule has 0 spiro atoms. The first-order valence-electron chi connectivity index (χ1n) is 6.99. The molecule has 110 valence electrons. The van der Waals surface area contributed by atoms with E-state index in [0.29, 0.717) is 17.3 Å². The van der Waals surface area contributed by atoms with Crippen LogP contribution in [0.2, 0.25) is 5.02 Å². The number of carbonyl (C=O) groups excluding carboxylic acids is 1. The first kappa shape index (κ1) is 15.1. The van der Waals surface area contributed by atoms with Gasteiger partial charge in [0.2, 0.25) is 0 Å². The van der Waals surface area contributed by atoms with Crippen LogP contribution >= 0.6 is 11.6 Å². The summed E-state index contributed by atoms with van der Waals surface area (Å²) in [6, 6.07) is 7.18. The van der Waals surface area contributed by atoms with Gasteiger partial charge in [-0.2, -0.15) is 0 Å². The number of halogens is 1. The summed E-state index contributed by atoms with van der Waals surface area (Å²) in [5.41, 5.74) is 0. The number of rotatable bonds is 6. The molecule has 1 aromatic carbocycles. The van der Waals surface area contributed by atoms with Gasteiger partial charge in [-0.25, -0.2) is 0 Å². The lowest BCUT2D eigenvalue weighted by Gasteiger charge is -2.28. The summed E-state index contributed by atoms with van der Waals surface area (Å²) in [5, 5.41) is 9.75. The first-order chi connectivity index (χ1) is 9.70. The first-order valence-corrected chi connectivity index (χ1v) is 7.37. The third-order valence-corrected chi connectivity index (χ3v) is 3.85. The number of carbonyl (C=O) groups is 1. The molecule has 0 aliphatic heterocycles. The molecule has 5 heteroatoms. The van der Waals surface area contributed by atoms with Crippen LogP contribution in [0.25, 0.3) is 0 Å². The Balaban J connectivity index is 1.89. The molecule has 0 aromatic heterocycles. The number of ether oxygens (including phenoxy) is 1. The molecule has 1 aliphatic carbocycles. The fraction of sp³-hybridized carbons (Fsp3) is 0.533. The van der Waals surface area contributed by atoms with E-state index in [2.05, 4.69) is 0 Å². The van der Waals surface area contributed by atoms with Crippen LogP contribution in [0.1, 0.15) is 25.7 Å². The molecule has 1 amide bonds. The van der Waals surface area contributed by atoms with Crippen molar-refractivity contribution in [3.05, 3.63) is 29.3 Å². The van der Waals surface area contributed by atoms with E-state index in [0.717, 1.165) is 25.7 Å². The maximum Gasteiger partial charge on any atom is 0.260 e. The van der Waals surface area contributed by atoms with Crippen molar-refractivity contribution in [2.75, 3.05) is 19.8 Å². The minimum atomic E-state index is -0.0686. The molecule has 20 heavy (non-hydrogen) atoms. The van der Waals surface area contributed by atoms with Gasteiger partial charge < -0.3 is 14.7 Å². The van der Waals surface area contributed by atoms with Crippen molar-refractivity contribution in [2.24, 2.45) is 0 Å². The highest BCUT2D eigenvalue weighted by atomic mass is 35.5. The third kappa shape index (κ3) is 4.12. The summed E-state index contributed by atoms with van der Waals surface area (Å²) in [6.45, 7) is 0.370. The van der Waals surface area contributed by atoms with Gasteiger partial charge in [-0.15, -0.1) is 0 Å².